The predicted octanol–water partition coefficient (Wildman–Crippen LogP) is 2.15. The van der Waals surface area contributed by atoms with Crippen LogP contribution in [0.3, 0.4) is 0 Å². The number of hydrogen-bond acceptors (Lipinski definition) is 5. The summed E-state index contributed by atoms with van der Waals surface area (Å²) in [5, 5.41) is 9.90. The third-order valence-corrected chi connectivity index (χ3v) is 7.21. The molecular formula is C24H37N3O3. The smallest absolute Gasteiger partial charge is 0.226 e. The lowest BCUT2D eigenvalue weighted by Crippen LogP contribution is -2.45. The van der Waals surface area contributed by atoms with Crippen molar-refractivity contribution in [3.63, 3.8) is 0 Å². The number of aliphatic hydroxyl groups is 1. The average molecular weight is 416 g/mol. The van der Waals surface area contributed by atoms with Gasteiger partial charge in [-0.1, -0.05) is 12.1 Å². The van der Waals surface area contributed by atoms with Gasteiger partial charge in [0, 0.05) is 46.0 Å². The van der Waals surface area contributed by atoms with Crippen molar-refractivity contribution in [2.45, 2.75) is 50.7 Å². The number of likely N-dealkylation sites (tertiary alicyclic amines) is 2. The Morgan fingerprint density at radius 3 is 2.60 bits per heavy atom. The fraction of sp³-hybridized carbons (Fsp3) is 0.708. The van der Waals surface area contributed by atoms with E-state index in [2.05, 4.69) is 34.1 Å². The number of hydrogen-bond donors (Lipinski definition) is 1. The number of rotatable bonds is 5. The van der Waals surface area contributed by atoms with Gasteiger partial charge in [-0.3, -0.25) is 9.69 Å². The zero-order chi connectivity index (χ0) is 21.1. The Balaban J connectivity index is 1.24. The van der Waals surface area contributed by atoms with Crippen molar-refractivity contribution in [1.82, 2.24) is 9.80 Å². The minimum atomic E-state index is -0.178. The van der Waals surface area contributed by atoms with Gasteiger partial charge < -0.3 is 19.6 Å². The summed E-state index contributed by atoms with van der Waals surface area (Å²) in [6.07, 6.45) is 5.75. The molecule has 30 heavy (non-hydrogen) atoms. The third-order valence-electron chi connectivity index (χ3n) is 7.21. The van der Waals surface area contributed by atoms with Gasteiger partial charge in [-0.05, 0) is 61.8 Å². The number of benzene rings is 1. The van der Waals surface area contributed by atoms with Crippen LogP contribution in [0.15, 0.2) is 24.3 Å². The zero-order valence-corrected chi connectivity index (χ0v) is 18.6. The van der Waals surface area contributed by atoms with Crippen LogP contribution in [0.5, 0.6) is 0 Å². The zero-order valence-electron chi connectivity index (χ0n) is 18.6. The van der Waals surface area contributed by atoms with Crippen molar-refractivity contribution in [2.75, 3.05) is 58.3 Å². The molecule has 0 aromatic heterocycles. The summed E-state index contributed by atoms with van der Waals surface area (Å²) in [5.74, 6) is 0.236. The normalized spacial score (nSPS) is 26.8. The van der Waals surface area contributed by atoms with Crippen molar-refractivity contribution < 1.29 is 14.6 Å². The first-order valence-electron chi connectivity index (χ1n) is 11.5. The molecule has 6 nitrogen and oxygen atoms in total. The molecule has 1 N–H and O–H groups in total. The maximum Gasteiger partial charge on any atom is 0.226 e. The average Bonchev–Trinajstić information content (AvgIpc) is 3.10. The summed E-state index contributed by atoms with van der Waals surface area (Å²) in [6, 6.07) is 8.27. The van der Waals surface area contributed by atoms with Crippen molar-refractivity contribution in [3.05, 3.63) is 29.8 Å². The van der Waals surface area contributed by atoms with Crippen LogP contribution in [0.4, 0.5) is 5.69 Å². The monoisotopic (exact) mass is 415 g/mol. The van der Waals surface area contributed by atoms with Crippen LogP contribution in [-0.2, 0) is 16.0 Å². The fourth-order valence-electron chi connectivity index (χ4n) is 5.27. The van der Waals surface area contributed by atoms with E-state index in [-0.39, 0.29) is 23.5 Å². The highest BCUT2D eigenvalue weighted by Gasteiger charge is 2.43. The van der Waals surface area contributed by atoms with Crippen LogP contribution in [-0.4, -0.2) is 86.4 Å². The molecule has 0 radical (unpaired) electrons. The van der Waals surface area contributed by atoms with Gasteiger partial charge >= 0.3 is 0 Å². The summed E-state index contributed by atoms with van der Waals surface area (Å²) >= 11 is 0. The molecule has 6 heteroatoms. The van der Waals surface area contributed by atoms with Crippen molar-refractivity contribution in [3.8, 4) is 0 Å². The minimum absolute atomic E-state index is 0.178. The maximum atomic E-state index is 12.8. The van der Waals surface area contributed by atoms with Crippen LogP contribution in [0.25, 0.3) is 0 Å². The van der Waals surface area contributed by atoms with Crippen molar-refractivity contribution in [1.29, 1.82) is 0 Å². The maximum absolute atomic E-state index is 12.8. The van der Waals surface area contributed by atoms with Crippen LogP contribution in [0, 0.1) is 5.41 Å². The molecule has 4 rings (SSSR count). The van der Waals surface area contributed by atoms with Gasteiger partial charge in [0.15, 0.2) is 0 Å². The van der Waals surface area contributed by atoms with E-state index in [9.17, 15) is 9.90 Å². The molecule has 3 saturated heterocycles. The quantitative estimate of drug-likeness (QED) is 0.799. The number of piperidine rings is 2. The second-order valence-electron chi connectivity index (χ2n) is 9.81. The van der Waals surface area contributed by atoms with Crippen molar-refractivity contribution in [2.24, 2.45) is 5.41 Å². The lowest BCUT2D eigenvalue weighted by molar-refractivity contribution is -0.132. The van der Waals surface area contributed by atoms with E-state index < -0.39 is 0 Å². The molecule has 0 aliphatic carbocycles. The highest BCUT2D eigenvalue weighted by molar-refractivity contribution is 5.79. The van der Waals surface area contributed by atoms with Gasteiger partial charge in [0.2, 0.25) is 5.91 Å². The Morgan fingerprint density at radius 1 is 1.20 bits per heavy atom. The minimum Gasteiger partial charge on any atom is -0.392 e. The molecule has 0 saturated carbocycles. The summed E-state index contributed by atoms with van der Waals surface area (Å²) in [5.41, 5.74) is 2.48. The molecule has 166 valence electrons. The number of anilines is 1. The lowest BCUT2D eigenvalue weighted by atomic mass is 9.76. The van der Waals surface area contributed by atoms with Gasteiger partial charge in [0.1, 0.15) is 0 Å². The van der Waals surface area contributed by atoms with E-state index in [0.717, 1.165) is 82.7 Å². The predicted molar refractivity (Wildman–Crippen MR) is 119 cm³/mol. The van der Waals surface area contributed by atoms with E-state index >= 15 is 0 Å². The van der Waals surface area contributed by atoms with Crippen LogP contribution in [0.1, 0.15) is 37.7 Å². The van der Waals surface area contributed by atoms with E-state index in [4.69, 9.17) is 4.74 Å². The molecule has 2 atom stereocenters. The standard InChI is InChI=1S/C24H37N3O3/c1-25(2)20-7-5-19(6-8-20)14-23(29)27-12-9-24(10-13-27)15-22(30-18-24)17-26-11-3-4-21(28)16-26/h5-8,21-22,28H,3-4,9-18H2,1-2H3/t21-,22+/m0/s1. The number of carbonyl (C=O) groups is 1. The SMILES string of the molecule is CN(C)c1ccc(CC(=O)N2CCC3(CC2)CO[C@@H](CN2CCC[C@H](O)C2)C3)cc1. The van der Waals surface area contributed by atoms with Gasteiger partial charge in [-0.25, -0.2) is 0 Å². The molecule has 1 aromatic rings. The number of nitrogens with zero attached hydrogens (tertiary/aromatic N) is 3. The van der Waals surface area contributed by atoms with E-state index in [1.807, 2.05) is 19.0 Å². The Hall–Kier alpha value is -1.63. The molecule has 3 heterocycles. The molecule has 1 aromatic carbocycles. The Kier molecular flexibility index (Phi) is 6.66. The van der Waals surface area contributed by atoms with Crippen LogP contribution < -0.4 is 4.90 Å². The first-order chi connectivity index (χ1) is 14.4. The van der Waals surface area contributed by atoms with E-state index in [1.165, 1.54) is 0 Å². The molecular weight excluding hydrogens is 378 g/mol. The summed E-state index contributed by atoms with van der Waals surface area (Å²) in [7, 11) is 4.05. The number of amides is 1. The summed E-state index contributed by atoms with van der Waals surface area (Å²) in [4.78, 5) is 19.3. The Labute approximate surface area is 180 Å². The van der Waals surface area contributed by atoms with Crippen LogP contribution >= 0.6 is 0 Å². The van der Waals surface area contributed by atoms with Gasteiger partial charge in [-0.15, -0.1) is 0 Å². The highest BCUT2D eigenvalue weighted by atomic mass is 16.5. The van der Waals surface area contributed by atoms with Crippen LogP contribution in [0.2, 0.25) is 0 Å². The highest BCUT2D eigenvalue weighted by Crippen LogP contribution is 2.42. The van der Waals surface area contributed by atoms with Gasteiger partial charge in [-0.2, -0.15) is 0 Å². The van der Waals surface area contributed by atoms with Gasteiger partial charge in [0.25, 0.3) is 0 Å². The Bertz CT molecular complexity index is 713. The molecule has 3 aliphatic heterocycles. The van der Waals surface area contributed by atoms with Crippen molar-refractivity contribution >= 4 is 11.6 Å². The third kappa shape index (κ3) is 5.16. The second-order valence-corrected chi connectivity index (χ2v) is 9.81. The van der Waals surface area contributed by atoms with E-state index in [0.29, 0.717) is 6.42 Å². The largest absolute Gasteiger partial charge is 0.392 e. The van der Waals surface area contributed by atoms with Gasteiger partial charge in [0.05, 0.1) is 25.2 Å². The fourth-order valence-corrected chi connectivity index (χ4v) is 5.27. The molecule has 3 fully saturated rings. The topological polar surface area (TPSA) is 56.2 Å². The molecule has 0 unspecified atom stereocenters. The lowest BCUT2D eigenvalue weighted by Gasteiger charge is -2.38. The first kappa shape index (κ1) is 21.6. The summed E-state index contributed by atoms with van der Waals surface area (Å²) < 4.78 is 6.18. The molecule has 3 aliphatic rings. The second kappa shape index (κ2) is 9.25. The molecule has 0 bridgehead atoms. The van der Waals surface area contributed by atoms with E-state index in [1.54, 1.807) is 0 Å². The number of aliphatic hydroxyl groups excluding tert-OH is 1. The molecule has 1 amide bonds. The number of ether oxygens (including phenoxy) is 1. The number of carbonyl (C=O) groups excluding carboxylic acids is 1. The molecule has 1 spiro atoms. The number of β-amino-alcohol motifs (C(OH)–C–C–N with tert-alkyl or cyclic N) is 1. The first-order valence-corrected chi connectivity index (χ1v) is 11.5. The summed E-state index contributed by atoms with van der Waals surface area (Å²) in [6.45, 7) is 5.29. The Morgan fingerprint density at radius 2 is 1.93 bits per heavy atom.